The molecule has 106 valence electrons. The van der Waals surface area contributed by atoms with Crippen LogP contribution >= 0.6 is 0 Å². The van der Waals surface area contributed by atoms with Crippen LogP contribution in [0.5, 0.6) is 0 Å². The smallest absolute Gasteiger partial charge is 0.373 e. The van der Waals surface area contributed by atoms with Gasteiger partial charge in [-0.05, 0) is 6.92 Å². The minimum Gasteiger partial charge on any atom is -0.462 e. The zero-order valence-electron chi connectivity index (χ0n) is 9.42. The number of alkyl halides is 2. The van der Waals surface area contributed by atoms with Crippen LogP contribution in [0.25, 0.3) is 0 Å². The Morgan fingerprint density at radius 1 is 1.44 bits per heavy atom. The molecule has 9 heteroatoms. The number of esters is 1. The third-order valence-electron chi connectivity index (χ3n) is 2.58. The van der Waals surface area contributed by atoms with Crippen molar-refractivity contribution in [2.75, 3.05) is 13.2 Å². The van der Waals surface area contributed by atoms with Gasteiger partial charge in [-0.3, -0.25) is 0 Å². The Labute approximate surface area is 101 Å². The van der Waals surface area contributed by atoms with E-state index in [9.17, 15) is 28.9 Å². The molecule has 1 aliphatic rings. The van der Waals surface area contributed by atoms with Gasteiger partial charge in [-0.2, -0.15) is 8.78 Å². The second kappa shape index (κ2) is 5.02. The number of hydrogen-bond donors (Lipinski definition) is 4. The molecular weight excluding hydrogens is 258 g/mol. The Balaban J connectivity index is 3.11. The lowest BCUT2D eigenvalue weighted by atomic mass is 9.91. The van der Waals surface area contributed by atoms with Crippen molar-refractivity contribution in [3.8, 4) is 0 Å². The van der Waals surface area contributed by atoms with Gasteiger partial charge in [0.1, 0.15) is 12.2 Å². The predicted molar refractivity (Wildman–Crippen MR) is 50.5 cm³/mol. The zero-order valence-corrected chi connectivity index (χ0v) is 9.42. The quantitative estimate of drug-likeness (QED) is 0.438. The lowest BCUT2D eigenvalue weighted by Crippen LogP contribution is -2.72. The van der Waals surface area contributed by atoms with Gasteiger partial charge in [0.15, 0.2) is 6.10 Å². The number of halogens is 2. The molecule has 0 aromatic carbocycles. The molecule has 4 N–H and O–H groups in total. The number of aliphatic hydroxyl groups is 4. The maximum atomic E-state index is 13.6. The van der Waals surface area contributed by atoms with Crippen LogP contribution in [0.2, 0.25) is 0 Å². The number of carbonyl (C=O) groups excluding carboxylic acids is 1. The molecule has 1 fully saturated rings. The summed E-state index contributed by atoms with van der Waals surface area (Å²) in [5, 5.41) is 36.8. The standard InChI is InChI=1S/C9H14F2O7/c1-2-17-7(15)9(16)8(10,11)6(14)5(13)4(3-12)18-9/h4-6,12-14,16H,2-3H2,1H3/t4-,5-,6-,9+/m0/s1. The first-order valence-corrected chi connectivity index (χ1v) is 5.14. The van der Waals surface area contributed by atoms with Gasteiger partial charge in [-0.25, -0.2) is 4.79 Å². The van der Waals surface area contributed by atoms with Crippen LogP contribution in [0.15, 0.2) is 0 Å². The number of rotatable bonds is 3. The Bertz CT molecular complexity index is 324. The summed E-state index contributed by atoms with van der Waals surface area (Å²) < 4.78 is 35.8. The van der Waals surface area contributed by atoms with Crippen molar-refractivity contribution in [3.63, 3.8) is 0 Å². The van der Waals surface area contributed by atoms with E-state index in [1.54, 1.807) is 0 Å². The molecule has 0 aromatic heterocycles. The Morgan fingerprint density at radius 2 is 2.00 bits per heavy atom. The van der Waals surface area contributed by atoms with Crippen molar-refractivity contribution in [2.45, 2.75) is 36.9 Å². The molecule has 1 heterocycles. The van der Waals surface area contributed by atoms with Crippen molar-refractivity contribution < 1.29 is 43.5 Å². The highest BCUT2D eigenvalue weighted by Crippen LogP contribution is 2.41. The maximum absolute atomic E-state index is 13.6. The van der Waals surface area contributed by atoms with Crippen molar-refractivity contribution >= 4 is 5.97 Å². The molecular formula is C9H14F2O7. The van der Waals surface area contributed by atoms with E-state index in [2.05, 4.69) is 9.47 Å². The minimum absolute atomic E-state index is 0.303. The van der Waals surface area contributed by atoms with Crippen LogP contribution in [0.3, 0.4) is 0 Å². The molecule has 18 heavy (non-hydrogen) atoms. The molecule has 7 nitrogen and oxygen atoms in total. The third kappa shape index (κ3) is 2.08. The maximum Gasteiger partial charge on any atom is 0.373 e. The summed E-state index contributed by atoms with van der Waals surface area (Å²) in [7, 11) is 0. The first kappa shape index (κ1) is 15.2. The molecule has 0 aliphatic carbocycles. The molecule has 1 saturated heterocycles. The van der Waals surface area contributed by atoms with Gasteiger partial charge >= 0.3 is 17.7 Å². The minimum atomic E-state index is -4.48. The molecule has 1 aliphatic heterocycles. The fourth-order valence-electron chi connectivity index (χ4n) is 1.54. The van der Waals surface area contributed by atoms with E-state index >= 15 is 0 Å². The van der Waals surface area contributed by atoms with Gasteiger partial charge in [0.2, 0.25) is 0 Å². The van der Waals surface area contributed by atoms with Gasteiger partial charge in [0.05, 0.1) is 13.2 Å². The van der Waals surface area contributed by atoms with E-state index in [1.807, 2.05) is 0 Å². The van der Waals surface area contributed by atoms with E-state index in [-0.39, 0.29) is 6.61 Å². The zero-order chi connectivity index (χ0) is 14.1. The van der Waals surface area contributed by atoms with Crippen molar-refractivity contribution in [2.24, 2.45) is 0 Å². The van der Waals surface area contributed by atoms with Crippen LogP contribution in [-0.2, 0) is 14.3 Å². The molecule has 4 atom stereocenters. The van der Waals surface area contributed by atoms with E-state index in [1.165, 1.54) is 6.92 Å². The summed E-state index contributed by atoms with van der Waals surface area (Å²) in [6.07, 6.45) is -6.67. The largest absolute Gasteiger partial charge is 0.462 e. The van der Waals surface area contributed by atoms with Crippen LogP contribution in [0.4, 0.5) is 8.78 Å². The first-order chi connectivity index (χ1) is 8.22. The van der Waals surface area contributed by atoms with Crippen LogP contribution < -0.4 is 0 Å². The molecule has 0 amide bonds. The number of ether oxygens (including phenoxy) is 2. The van der Waals surface area contributed by atoms with E-state index in [0.29, 0.717) is 0 Å². The van der Waals surface area contributed by atoms with E-state index < -0.39 is 42.6 Å². The van der Waals surface area contributed by atoms with Crippen molar-refractivity contribution in [3.05, 3.63) is 0 Å². The molecule has 0 unspecified atom stereocenters. The lowest BCUT2D eigenvalue weighted by molar-refractivity contribution is -0.391. The normalized spacial score (nSPS) is 39.4. The molecule has 0 spiro atoms. The van der Waals surface area contributed by atoms with E-state index in [0.717, 1.165) is 0 Å². The van der Waals surface area contributed by atoms with Crippen molar-refractivity contribution in [1.82, 2.24) is 0 Å². The van der Waals surface area contributed by atoms with Crippen LogP contribution in [-0.4, -0.2) is 69.6 Å². The predicted octanol–water partition coefficient (Wildman–Crippen LogP) is -2.01. The summed E-state index contributed by atoms with van der Waals surface area (Å²) in [6, 6.07) is 0. The average molecular weight is 272 g/mol. The summed E-state index contributed by atoms with van der Waals surface area (Å²) >= 11 is 0. The topological polar surface area (TPSA) is 116 Å². The summed E-state index contributed by atoms with van der Waals surface area (Å²) in [4.78, 5) is 11.3. The fraction of sp³-hybridized carbons (Fsp3) is 0.889. The third-order valence-corrected chi connectivity index (χ3v) is 2.58. The summed E-state index contributed by atoms with van der Waals surface area (Å²) in [6.45, 7) is 0.0378. The second-order valence-electron chi connectivity index (χ2n) is 3.76. The van der Waals surface area contributed by atoms with Gasteiger partial charge < -0.3 is 29.9 Å². The average Bonchev–Trinajstić information content (AvgIpc) is 2.32. The fourth-order valence-corrected chi connectivity index (χ4v) is 1.54. The second-order valence-corrected chi connectivity index (χ2v) is 3.76. The lowest BCUT2D eigenvalue weighted by Gasteiger charge is -2.45. The highest BCUT2D eigenvalue weighted by Gasteiger charge is 2.71. The highest BCUT2D eigenvalue weighted by atomic mass is 19.3. The Hall–Kier alpha value is -0.870. The summed E-state index contributed by atoms with van der Waals surface area (Å²) in [5.41, 5.74) is 0. The molecule has 0 saturated carbocycles. The number of hydrogen-bond acceptors (Lipinski definition) is 7. The molecule has 0 radical (unpaired) electrons. The summed E-state index contributed by atoms with van der Waals surface area (Å²) in [5.74, 6) is -10.0. The number of carbonyl (C=O) groups is 1. The Kier molecular flexibility index (Phi) is 4.23. The van der Waals surface area contributed by atoms with Crippen LogP contribution in [0.1, 0.15) is 6.92 Å². The molecule has 1 rings (SSSR count). The molecule has 0 bridgehead atoms. The first-order valence-electron chi connectivity index (χ1n) is 5.14. The monoisotopic (exact) mass is 272 g/mol. The van der Waals surface area contributed by atoms with Crippen LogP contribution in [0, 0.1) is 0 Å². The van der Waals surface area contributed by atoms with E-state index in [4.69, 9.17) is 5.11 Å². The highest BCUT2D eigenvalue weighted by molar-refractivity contribution is 5.79. The number of aliphatic hydroxyl groups excluding tert-OH is 3. The Morgan fingerprint density at radius 3 is 2.44 bits per heavy atom. The van der Waals surface area contributed by atoms with Gasteiger partial charge in [0.25, 0.3) is 0 Å². The van der Waals surface area contributed by atoms with Gasteiger partial charge in [-0.1, -0.05) is 0 Å². The van der Waals surface area contributed by atoms with Gasteiger partial charge in [0, 0.05) is 0 Å². The molecule has 0 aromatic rings. The van der Waals surface area contributed by atoms with Crippen molar-refractivity contribution in [1.29, 1.82) is 0 Å². The van der Waals surface area contributed by atoms with Gasteiger partial charge in [-0.15, -0.1) is 0 Å². The SMILES string of the molecule is CCOC(=O)[C@@]1(O)O[C@@H](CO)[C@H](O)[C@H](O)C1(F)F.